The van der Waals surface area contributed by atoms with Crippen LogP contribution in [0.2, 0.25) is 5.15 Å². The predicted octanol–water partition coefficient (Wildman–Crippen LogP) is 4.92. The Hall–Kier alpha value is -1.54. The van der Waals surface area contributed by atoms with Crippen molar-refractivity contribution in [1.82, 2.24) is 4.98 Å². The van der Waals surface area contributed by atoms with Crippen molar-refractivity contribution in [2.75, 3.05) is 0 Å². The van der Waals surface area contributed by atoms with Crippen molar-refractivity contribution in [2.45, 2.75) is 39.7 Å². The van der Waals surface area contributed by atoms with E-state index in [9.17, 15) is 0 Å². The first-order valence-corrected chi connectivity index (χ1v) is 7.08. The highest BCUT2D eigenvalue weighted by molar-refractivity contribution is 6.29. The normalized spacial score (nSPS) is 11.4. The summed E-state index contributed by atoms with van der Waals surface area (Å²) in [5.74, 6) is 0.929. The van der Waals surface area contributed by atoms with Gasteiger partial charge in [-0.15, -0.1) is 0 Å². The van der Waals surface area contributed by atoms with E-state index in [1.165, 1.54) is 11.1 Å². The summed E-state index contributed by atoms with van der Waals surface area (Å²) in [4.78, 5) is 4.06. The fourth-order valence-corrected chi connectivity index (χ4v) is 2.12. The number of aromatic nitrogens is 1. The van der Waals surface area contributed by atoms with Crippen LogP contribution in [0.15, 0.2) is 36.5 Å². The van der Waals surface area contributed by atoms with Crippen LogP contribution in [0.3, 0.4) is 0 Å². The third-order valence-electron chi connectivity index (χ3n) is 3.13. The zero-order valence-corrected chi connectivity index (χ0v) is 13.2. The van der Waals surface area contributed by atoms with Gasteiger partial charge in [-0.2, -0.15) is 0 Å². The monoisotopic (exact) mass is 289 g/mol. The Morgan fingerprint density at radius 3 is 2.50 bits per heavy atom. The van der Waals surface area contributed by atoms with Crippen molar-refractivity contribution in [2.24, 2.45) is 0 Å². The fourth-order valence-electron chi connectivity index (χ4n) is 2.01. The minimum absolute atomic E-state index is 0.0552. The van der Waals surface area contributed by atoms with Gasteiger partial charge in [0.05, 0.1) is 0 Å². The second-order valence-electron chi connectivity index (χ2n) is 6.03. The number of hydrogen-bond acceptors (Lipinski definition) is 2. The molecule has 0 amide bonds. The van der Waals surface area contributed by atoms with Crippen LogP contribution < -0.4 is 4.74 Å². The molecule has 0 fully saturated rings. The van der Waals surface area contributed by atoms with Crippen molar-refractivity contribution in [3.63, 3.8) is 0 Å². The Balaban J connectivity index is 2.19. The Morgan fingerprint density at radius 2 is 1.90 bits per heavy atom. The Labute approximate surface area is 125 Å². The number of aryl methyl sites for hydroxylation is 1. The Bertz CT molecular complexity index is 585. The van der Waals surface area contributed by atoms with E-state index < -0.39 is 0 Å². The molecule has 0 radical (unpaired) electrons. The molecule has 3 heteroatoms. The van der Waals surface area contributed by atoms with E-state index in [0.717, 1.165) is 11.3 Å². The number of benzene rings is 1. The quantitative estimate of drug-likeness (QED) is 0.748. The zero-order chi connectivity index (χ0) is 14.8. The van der Waals surface area contributed by atoms with E-state index >= 15 is 0 Å². The van der Waals surface area contributed by atoms with E-state index in [1.807, 2.05) is 12.1 Å². The molecule has 0 N–H and O–H groups in total. The number of hydrogen-bond donors (Lipinski definition) is 0. The second-order valence-corrected chi connectivity index (χ2v) is 6.41. The standard InChI is InChI=1S/C17H20ClNO/c1-12-5-7-15(14(9-12)17(2,3)4)20-11-13-6-8-16(18)19-10-13/h5-10H,11H2,1-4H3. The number of ether oxygens (including phenoxy) is 1. The van der Waals surface area contributed by atoms with Crippen molar-refractivity contribution in [1.29, 1.82) is 0 Å². The summed E-state index contributed by atoms with van der Waals surface area (Å²) in [5.41, 5.74) is 3.53. The molecule has 1 aromatic carbocycles. The van der Waals surface area contributed by atoms with Gasteiger partial charge in [0.15, 0.2) is 0 Å². The first-order chi connectivity index (χ1) is 9.36. The van der Waals surface area contributed by atoms with Crippen molar-refractivity contribution in [3.05, 3.63) is 58.4 Å². The Morgan fingerprint density at radius 1 is 1.15 bits per heavy atom. The van der Waals surface area contributed by atoms with Crippen LogP contribution >= 0.6 is 11.6 Å². The van der Waals surface area contributed by atoms with Gasteiger partial charge >= 0.3 is 0 Å². The average Bonchev–Trinajstić information content (AvgIpc) is 2.38. The highest BCUT2D eigenvalue weighted by Gasteiger charge is 2.19. The summed E-state index contributed by atoms with van der Waals surface area (Å²) in [5, 5.41) is 0.500. The lowest BCUT2D eigenvalue weighted by molar-refractivity contribution is 0.297. The van der Waals surface area contributed by atoms with Crippen molar-refractivity contribution in [3.8, 4) is 5.75 Å². The predicted molar refractivity (Wildman–Crippen MR) is 83.5 cm³/mol. The lowest BCUT2D eigenvalue weighted by Gasteiger charge is -2.23. The molecule has 0 spiro atoms. The summed E-state index contributed by atoms with van der Waals surface area (Å²) in [6.07, 6.45) is 1.74. The third kappa shape index (κ3) is 3.73. The van der Waals surface area contributed by atoms with E-state index in [0.29, 0.717) is 11.8 Å². The van der Waals surface area contributed by atoms with Gasteiger partial charge in [-0.25, -0.2) is 4.98 Å². The average molecular weight is 290 g/mol. The molecule has 0 atom stereocenters. The largest absolute Gasteiger partial charge is 0.489 e. The molecule has 20 heavy (non-hydrogen) atoms. The van der Waals surface area contributed by atoms with Crippen LogP contribution in [0, 0.1) is 6.92 Å². The van der Waals surface area contributed by atoms with Crippen LogP contribution in [0.25, 0.3) is 0 Å². The molecule has 0 bridgehead atoms. The molecular formula is C17H20ClNO. The molecule has 0 aliphatic carbocycles. The number of halogens is 1. The number of rotatable bonds is 3. The van der Waals surface area contributed by atoms with E-state index in [1.54, 1.807) is 12.3 Å². The minimum atomic E-state index is 0.0552. The molecule has 0 saturated heterocycles. The molecule has 2 nitrogen and oxygen atoms in total. The first-order valence-electron chi connectivity index (χ1n) is 6.70. The van der Waals surface area contributed by atoms with Gasteiger partial charge < -0.3 is 4.74 Å². The maximum Gasteiger partial charge on any atom is 0.129 e. The molecule has 2 rings (SSSR count). The molecule has 1 aromatic heterocycles. The lowest BCUT2D eigenvalue weighted by Crippen LogP contribution is -2.13. The maximum atomic E-state index is 5.96. The van der Waals surface area contributed by atoms with Crippen LogP contribution in [-0.2, 0) is 12.0 Å². The zero-order valence-electron chi connectivity index (χ0n) is 12.4. The van der Waals surface area contributed by atoms with Crippen molar-refractivity contribution < 1.29 is 4.74 Å². The van der Waals surface area contributed by atoms with Gasteiger partial charge in [-0.05, 0) is 30.0 Å². The lowest BCUT2D eigenvalue weighted by atomic mass is 9.85. The smallest absolute Gasteiger partial charge is 0.129 e. The van der Waals surface area contributed by atoms with Gasteiger partial charge in [0.2, 0.25) is 0 Å². The van der Waals surface area contributed by atoms with Gasteiger partial charge in [0.25, 0.3) is 0 Å². The molecule has 0 saturated carbocycles. The second kappa shape index (κ2) is 5.84. The van der Waals surface area contributed by atoms with Crippen LogP contribution in [0.1, 0.15) is 37.5 Å². The summed E-state index contributed by atoms with van der Waals surface area (Å²) in [6.45, 7) is 9.17. The molecule has 0 unspecified atom stereocenters. The fraction of sp³-hybridized carbons (Fsp3) is 0.353. The molecular weight excluding hydrogens is 270 g/mol. The number of nitrogens with zero attached hydrogens (tertiary/aromatic N) is 1. The first kappa shape index (κ1) is 14.9. The Kier molecular flexibility index (Phi) is 4.34. The van der Waals surface area contributed by atoms with Crippen LogP contribution in [0.5, 0.6) is 5.75 Å². The van der Waals surface area contributed by atoms with E-state index in [4.69, 9.17) is 16.3 Å². The summed E-state index contributed by atoms with van der Waals surface area (Å²) in [6, 6.07) is 10.0. The van der Waals surface area contributed by atoms with Gasteiger partial charge in [0, 0.05) is 11.8 Å². The number of pyridine rings is 1. The SMILES string of the molecule is Cc1ccc(OCc2ccc(Cl)nc2)c(C(C)(C)C)c1. The summed E-state index contributed by atoms with van der Waals surface area (Å²) in [7, 11) is 0. The summed E-state index contributed by atoms with van der Waals surface area (Å²) >= 11 is 5.78. The topological polar surface area (TPSA) is 22.1 Å². The molecule has 1 heterocycles. The van der Waals surface area contributed by atoms with Crippen molar-refractivity contribution >= 4 is 11.6 Å². The highest BCUT2D eigenvalue weighted by Crippen LogP contribution is 2.32. The summed E-state index contributed by atoms with van der Waals surface area (Å²) < 4.78 is 5.96. The minimum Gasteiger partial charge on any atom is -0.489 e. The highest BCUT2D eigenvalue weighted by atomic mass is 35.5. The van der Waals surface area contributed by atoms with E-state index in [2.05, 4.69) is 44.8 Å². The van der Waals surface area contributed by atoms with Crippen LogP contribution in [-0.4, -0.2) is 4.98 Å². The van der Waals surface area contributed by atoms with E-state index in [-0.39, 0.29) is 5.41 Å². The van der Waals surface area contributed by atoms with Crippen LogP contribution in [0.4, 0.5) is 0 Å². The molecule has 0 aliphatic heterocycles. The van der Waals surface area contributed by atoms with Gasteiger partial charge in [0.1, 0.15) is 17.5 Å². The maximum absolute atomic E-state index is 5.96. The molecule has 0 aliphatic rings. The third-order valence-corrected chi connectivity index (χ3v) is 3.35. The van der Waals surface area contributed by atoms with Gasteiger partial charge in [-0.3, -0.25) is 0 Å². The van der Waals surface area contributed by atoms with Gasteiger partial charge in [-0.1, -0.05) is 56.1 Å². The molecule has 2 aromatic rings. The molecule has 106 valence electrons.